The average molecular weight is 245 g/mol. The fourth-order valence-corrected chi connectivity index (χ4v) is 1.65. The molecule has 17 heavy (non-hydrogen) atoms. The maximum absolute atomic E-state index is 9.14. The first-order valence-electron chi connectivity index (χ1n) is 6.42. The monoisotopic (exact) mass is 245 g/mol. The van der Waals surface area contributed by atoms with Crippen molar-refractivity contribution in [3.05, 3.63) is 12.3 Å². The van der Waals surface area contributed by atoms with Gasteiger partial charge in [-0.2, -0.15) is 0 Å². The second-order valence-corrected chi connectivity index (χ2v) is 4.65. The van der Waals surface area contributed by atoms with Crippen LogP contribution in [0.15, 0.2) is 12.3 Å². The molecule has 4 nitrogen and oxygen atoms in total. The molecule has 0 atom stereocenters. The zero-order valence-electron chi connectivity index (χ0n) is 10.9. The highest BCUT2D eigenvalue weighted by atomic mass is 16.3. The lowest BCUT2D eigenvalue weighted by Gasteiger charge is -2.30. The molecule has 0 aliphatic carbocycles. The maximum atomic E-state index is 9.14. The molecule has 102 valence electrons. The van der Waals surface area contributed by atoms with Gasteiger partial charge in [0.05, 0.1) is 19.8 Å². The number of aliphatic hydroxyl groups excluding tert-OH is 3. The first-order chi connectivity index (χ1) is 8.14. The molecule has 0 fully saturated rings. The van der Waals surface area contributed by atoms with E-state index in [9.17, 15) is 0 Å². The maximum Gasteiger partial charge on any atom is 0.107 e. The van der Waals surface area contributed by atoms with Gasteiger partial charge in [-0.15, -0.1) is 0 Å². The molecule has 0 radical (unpaired) electrons. The summed E-state index contributed by atoms with van der Waals surface area (Å²) in [6.45, 7) is 5.10. The Morgan fingerprint density at radius 1 is 1.00 bits per heavy atom. The summed E-state index contributed by atoms with van der Waals surface area (Å²) in [5.74, 6) is 0. The van der Waals surface area contributed by atoms with E-state index in [0.717, 1.165) is 18.5 Å². The van der Waals surface area contributed by atoms with E-state index in [-0.39, 0.29) is 19.8 Å². The molecule has 0 aromatic carbocycles. The minimum atomic E-state index is -1.04. The first-order valence-corrected chi connectivity index (χ1v) is 6.42. The molecule has 0 aliphatic rings. The summed E-state index contributed by atoms with van der Waals surface area (Å²) in [6.07, 6.45) is 6.74. The van der Waals surface area contributed by atoms with Crippen LogP contribution in [0.5, 0.6) is 0 Å². The number of hydrogen-bond donors (Lipinski definition) is 4. The van der Waals surface area contributed by atoms with Crippen LogP contribution in [0.2, 0.25) is 0 Å². The van der Waals surface area contributed by atoms with Crippen molar-refractivity contribution >= 4 is 0 Å². The summed E-state index contributed by atoms with van der Waals surface area (Å²) in [5.41, 5.74) is -0.279. The van der Waals surface area contributed by atoms with Crippen LogP contribution in [-0.2, 0) is 0 Å². The highest BCUT2D eigenvalue weighted by molar-refractivity contribution is 5.01. The number of unbranched alkanes of at least 4 members (excludes halogenated alkanes) is 4. The largest absolute Gasteiger partial charge is 0.394 e. The van der Waals surface area contributed by atoms with E-state index >= 15 is 0 Å². The number of allylic oxidation sites excluding steroid dienone is 1. The van der Waals surface area contributed by atoms with Gasteiger partial charge >= 0.3 is 0 Å². The molecular weight excluding hydrogens is 218 g/mol. The summed E-state index contributed by atoms with van der Waals surface area (Å²) < 4.78 is 0. The second-order valence-electron chi connectivity index (χ2n) is 4.65. The van der Waals surface area contributed by atoms with Crippen LogP contribution in [0.1, 0.15) is 45.4 Å². The molecule has 0 aromatic heterocycles. The number of rotatable bonds is 11. The molecular formula is C13H27NO3. The van der Waals surface area contributed by atoms with E-state index in [1.165, 1.54) is 25.7 Å². The van der Waals surface area contributed by atoms with Crippen LogP contribution >= 0.6 is 0 Å². The van der Waals surface area contributed by atoms with Gasteiger partial charge in [-0.05, 0) is 12.8 Å². The third-order valence-corrected chi connectivity index (χ3v) is 2.93. The van der Waals surface area contributed by atoms with Crippen molar-refractivity contribution in [3.8, 4) is 0 Å². The molecule has 0 aromatic rings. The van der Waals surface area contributed by atoms with Gasteiger partial charge in [0.2, 0.25) is 0 Å². The Morgan fingerprint density at radius 3 is 2.00 bits per heavy atom. The minimum Gasteiger partial charge on any atom is -0.394 e. The summed E-state index contributed by atoms with van der Waals surface area (Å²) in [4.78, 5) is 0. The molecule has 0 aliphatic heterocycles. The van der Waals surface area contributed by atoms with Crippen LogP contribution in [0.25, 0.3) is 0 Å². The Bertz CT molecular complexity index is 195. The smallest absolute Gasteiger partial charge is 0.107 e. The van der Waals surface area contributed by atoms with E-state index in [4.69, 9.17) is 15.3 Å². The lowest BCUT2D eigenvalue weighted by molar-refractivity contribution is 0.0488. The molecule has 0 spiro atoms. The minimum absolute atomic E-state index is 0.311. The molecule has 0 rings (SSSR count). The van der Waals surface area contributed by atoms with Gasteiger partial charge in [-0.1, -0.05) is 39.2 Å². The number of nitrogens with one attached hydrogen (secondary N) is 1. The van der Waals surface area contributed by atoms with Gasteiger partial charge in [0.15, 0.2) is 0 Å². The van der Waals surface area contributed by atoms with Gasteiger partial charge in [-0.25, -0.2) is 0 Å². The Balaban J connectivity index is 3.83. The fourth-order valence-electron chi connectivity index (χ4n) is 1.65. The van der Waals surface area contributed by atoms with Gasteiger partial charge in [-0.3, -0.25) is 0 Å². The predicted molar refractivity (Wildman–Crippen MR) is 69.6 cm³/mol. The van der Waals surface area contributed by atoms with E-state index in [2.05, 4.69) is 18.8 Å². The SMILES string of the molecule is C=C(CCCCCCC)NC(CO)(CO)CO. The Labute approximate surface area is 104 Å². The molecule has 4 heteroatoms. The van der Waals surface area contributed by atoms with E-state index in [0.29, 0.717) is 0 Å². The molecule has 0 heterocycles. The number of aliphatic hydroxyl groups is 3. The van der Waals surface area contributed by atoms with Crippen molar-refractivity contribution in [1.29, 1.82) is 0 Å². The van der Waals surface area contributed by atoms with Crippen LogP contribution in [-0.4, -0.2) is 40.7 Å². The summed E-state index contributed by atoms with van der Waals surface area (Å²) in [5, 5.41) is 30.4. The van der Waals surface area contributed by atoms with Gasteiger partial charge in [0.25, 0.3) is 0 Å². The van der Waals surface area contributed by atoms with E-state index in [1.54, 1.807) is 0 Å². The lowest BCUT2D eigenvalue weighted by Crippen LogP contribution is -2.54. The summed E-state index contributed by atoms with van der Waals surface area (Å²) >= 11 is 0. The molecule has 4 N–H and O–H groups in total. The van der Waals surface area contributed by atoms with Crippen LogP contribution in [0.4, 0.5) is 0 Å². The van der Waals surface area contributed by atoms with Crippen molar-refractivity contribution in [1.82, 2.24) is 5.32 Å². The third-order valence-electron chi connectivity index (χ3n) is 2.93. The van der Waals surface area contributed by atoms with E-state index in [1.807, 2.05) is 0 Å². The molecule has 0 amide bonds. The zero-order valence-corrected chi connectivity index (χ0v) is 10.9. The normalized spacial score (nSPS) is 11.5. The van der Waals surface area contributed by atoms with Crippen molar-refractivity contribution < 1.29 is 15.3 Å². The van der Waals surface area contributed by atoms with Crippen molar-refractivity contribution in [2.75, 3.05) is 19.8 Å². The van der Waals surface area contributed by atoms with Gasteiger partial charge < -0.3 is 20.6 Å². The predicted octanol–water partition coefficient (Wildman–Crippen LogP) is 1.17. The van der Waals surface area contributed by atoms with Gasteiger partial charge in [0, 0.05) is 5.70 Å². The second kappa shape index (κ2) is 9.45. The first kappa shape index (κ1) is 16.4. The standard InChI is InChI=1S/C13H27NO3/c1-3-4-5-6-7-8-12(2)14-13(9-15,10-16)11-17/h14-17H,2-11H2,1H3. The zero-order chi connectivity index (χ0) is 13.1. The molecule has 0 unspecified atom stereocenters. The Morgan fingerprint density at radius 2 is 1.53 bits per heavy atom. The van der Waals surface area contributed by atoms with Crippen molar-refractivity contribution in [2.24, 2.45) is 0 Å². The molecule has 0 bridgehead atoms. The quantitative estimate of drug-likeness (QED) is 0.412. The molecule has 0 saturated carbocycles. The highest BCUT2D eigenvalue weighted by Crippen LogP contribution is 2.11. The summed E-state index contributed by atoms with van der Waals surface area (Å²) in [6, 6.07) is 0. The highest BCUT2D eigenvalue weighted by Gasteiger charge is 2.27. The van der Waals surface area contributed by atoms with Crippen LogP contribution < -0.4 is 5.32 Å². The Hall–Kier alpha value is -0.580. The van der Waals surface area contributed by atoms with Crippen molar-refractivity contribution in [2.45, 2.75) is 51.0 Å². The van der Waals surface area contributed by atoms with Crippen LogP contribution in [0, 0.1) is 0 Å². The fraction of sp³-hybridized carbons (Fsp3) is 0.846. The lowest BCUT2D eigenvalue weighted by atomic mass is 10.0. The topological polar surface area (TPSA) is 72.7 Å². The van der Waals surface area contributed by atoms with Crippen LogP contribution in [0.3, 0.4) is 0 Å². The number of hydrogen-bond acceptors (Lipinski definition) is 4. The van der Waals surface area contributed by atoms with Gasteiger partial charge in [0.1, 0.15) is 5.54 Å². The van der Waals surface area contributed by atoms with Crippen molar-refractivity contribution in [3.63, 3.8) is 0 Å². The summed E-state index contributed by atoms with van der Waals surface area (Å²) in [7, 11) is 0. The molecule has 0 saturated heterocycles. The average Bonchev–Trinajstić information content (AvgIpc) is 2.36. The third kappa shape index (κ3) is 6.66. The Kier molecular flexibility index (Phi) is 9.13. The van der Waals surface area contributed by atoms with E-state index < -0.39 is 5.54 Å².